The van der Waals surface area contributed by atoms with Crippen molar-refractivity contribution in [3.63, 3.8) is 0 Å². The van der Waals surface area contributed by atoms with Crippen LogP contribution in [0.4, 0.5) is 0 Å². The highest BCUT2D eigenvalue weighted by Gasteiger charge is 2.07. The van der Waals surface area contributed by atoms with Crippen molar-refractivity contribution in [1.82, 2.24) is 0 Å². The molecule has 4 heteroatoms. The van der Waals surface area contributed by atoms with Crippen molar-refractivity contribution in [2.75, 3.05) is 0 Å². The van der Waals surface area contributed by atoms with Crippen LogP contribution in [0.1, 0.15) is 10.1 Å². The molecule has 1 aromatic rings. The van der Waals surface area contributed by atoms with Gasteiger partial charge in [-0.25, -0.2) is 0 Å². The van der Waals surface area contributed by atoms with Crippen molar-refractivity contribution < 1.29 is 0 Å². The zero-order valence-corrected chi connectivity index (χ0v) is 9.10. The van der Waals surface area contributed by atoms with Gasteiger partial charge in [-0.3, -0.25) is 0 Å². The van der Waals surface area contributed by atoms with Gasteiger partial charge >= 0.3 is 0 Å². The van der Waals surface area contributed by atoms with Crippen LogP contribution >= 0.6 is 44.9 Å². The Morgan fingerprint density at radius 1 is 1.00 bits per heavy atom. The zero-order valence-electron chi connectivity index (χ0n) is 5.68. The van der Waals surface area contributed by atoms with Crippen LogP contribution in [0, 0.1) is 0 Å². The fraction of sp³-hybridized carbons (Fsp3) is 0.143. The summed E-state index contributed by atoms with van der Waals surface area (Å²) in [5.41, 5.74) is 1.26. The Kier molecular flexibility index (Phi) is 4.67. The molecule has 0 saturated carbocycles. The Hall–Kier alpha value is 0.620. The van der Waals surface area contributed by atoms with E-state index in [-0.39, 0.29) is 0 Å². The SMILES string of the molecule is SSC(SS)c1ccccc1. The normalized spacial score (nSPS) is 10.5. The maximum Gasteiger partial charge on any atom is 0.0953 e. The molecule has 0 saturated heterocycles. The summed E-state index contributed by atoms with van der Waals surface area (Å²) in [6.07, 6.45) is 0. The van der Waals surface area contributed by atoms with E-state index in [1.165, 1.54) is 27.2 Å². The molecule has 0 aliphatic rings. The highest BCUT2D eigenvalue weighted by molar-refractivity contribution is 8.77. The largest absolute Gasteiger partial charge is 0.110 e. The third kappa shape index (κ3) is 2.86. The molecule has 11 heavy (non-hydrogen) atoms. The summed E-state index contributed by atoms with van der Waals surface area (Å²) in [6.45, 7) is 0. The molecule has 0 fully saturated rings. The predicted octanol–water partition coefficient (Wildman–Crippen LogP) is 3.84. The van der Waals surface area contributed by atoms with Gasteiger partial charge in [0.2, 0.25) is 0 Å². The number of benzene rings is 1. The van der Waals surface area contributed by atoms with Gasteiger partial charge in [0, 0.05) is 0 Å². The quantitative estimate of drug-likeness (QED) is 0.451. The first-order valence-electron chi connectivity index (χ1n) is 3.04. The van der Waals surface area contributed by atoms with E-state index < -0.39 is 0 Å². The molecule has 60 valence electrons. The van der Waals surface area contributed by atoms with Gasteiger partial charge < -0.3 is 0 Å². The fourth-order valence-corrected chi connectivity index (χ4v) is 3.58. The fourth-order valence-electron chi connectivity index (χ4n) is 0.751. The van der Waals surface area contributed by atoms with E-state index in [9.17, 15) is 0 Å². The van der Waals surface area contributed by atoms with Crippen LogP contribution in [0.25, 0.3) is 0 Å². The zero-order chi connectivity index (χ0) is 8.10. The van der Waals surface area contributed by atoms with Crippen molar-refractivity contribution in [3.05, 3.63) is 35.9 Å². The van der Waals surface area contributed by atoms with Crippen LogP contribution in [-0.2, 0) is 0 Å². The summed E-state index contributed by atoms with van der Waals surface area (Å²) >= 11 is 8.31. The average Bonchev–Trinajstić information content (AvgIpc) is 2.09. The lowest BCUT2D eigenvalue weighted by molar-refractivity contribution is 1.40. The summed E-state index contributed by atoms with van der Waals surface area (Å²) in [5.74, 6) is 0. The van der Waals surface area contributed by atoms with Gasteiger partial charge in [0.05, 0.1) is 4.58 Å². The van der Waals surface area contributed by atoms with E-state index in [0.717, 1.165) is 0 Å². The molecule has 0 amide bonds. The molecule has 0 unspecified atom stereocenters. The summed E-state index contributed by atoms with van der Waals surface area (Å²) in [7, 11) is 3.01. The van der Waals surface area contributed by atoms with Crippen LogP contribution in [0.3, 0.4) is 0 Å². The highest BCUT2D eigenvalue weighted by atomic mass is 33.1. The standard InChI is InChI=1S/C7H8S4/c8-10-7(11-9)6-4-2-1-3-5-6/h1-5,7-9H. The minimum Gasteiger partial charge on any atom is -0.110 e. The summed E-state index contributed by atoms with van der Waals surface area (Å²) in [6, 6.07) is 10.2. The Labute approximate surface area is 85.2 Å². The van der Waals surface area contributed by atoms with Gasteiger partial charge in [-0.1, -0.05) is 51.9 Å². The first-order valence-corrected chi connectivity index (χ1v) is 6.90. The van der Waals surface area contributed by atoms with Gasteiger partial charge in [0.15, 0.2) is 0 Å². The molecule has 0 aliphatic heterocycles. The first kappa shape index (κ1) is 9.71. The lowest BCUT2D eigenvalue weighted by atomic mass is 10.2. The number of hydrogen-bond donors (Lipinski definition) is 2. The molecule has 0 spiro atoms. The van der Waals surface area contributed by atoms with Gasteiger partial charge in [-0.2, -0.15) is 0 Å². The smallest absolute Gasteiger partial charge is 0.0953 e. The van der Waals surface area contributed by atoms with Crippen LogP contribution in [0.5, 0.6) is 0 Å². The van der Waals surface area contributed by atoms with Crippen LogP contribution in [0.2, 0.25) is 0 Å². The molecular weight excluding hydrogens is 212 g/mol. The van der Waals surface area contributed by atoms with Gasteiger partial charge in [-0.15, -0.1) is 23.3 Å². The molecular formula is C7H8S4. The van der Waals surface area contributed by atoms with Crippen LogP contribution < -0.4 is 0 Å². The lowest BCUT2D eigenvalue weighted by Crippen LogP contribution is -1.81. The van der Waals surface area contributed by atoms with E-state index in [1.54, 1.807) is 0 Å². The van der Waals surface area contributed by atoms with E-state index in [1.807, 2.05) is 18.2 Å². The van der Waals surface area contributed by atoms with Crippen molar-refractivity contribution in [2.24, 2.45) is 0 Å². The van der Waals surface area contributed by atoms with Crippen LogP contribution in [-0.4, -0.2) is 0 Å². The Morgan fingerprint density at radius 2 is 1.55 bits per heavy atom. The molecule has 0 atom stereocenters. The van der Waals surface area contributed by atoms with E-state index in [0.29, 0.717) is 4.58 Å². The van der Waals surface area contributed by atoms with Gasteiger partial charge in [0.25, 0.3) is 0 Å². The second-order valence-corrected chi connectivity index (χ2v) is 4.88. The highest BCUT2D eigenvalue weighted by Crippen LogP contribution is 2.42. The predicted molar refractivity (Wildman–Crippen MR) is 62.3 cm³/mol. The van der Waals surface area contributed by atoms with E-state index in [4.69, 9.17) is 0 Å². The maximum absolute atomic E-state index is 4.15. The number of hydrogen-bond acceptors (Lipinski definition) is 4. The third-order valence-corrected chi connectivity index (χ3v) is 4.89. The summed E-state index contributed by atoms with van der Waals surface area (Å²) in [4.78, 5) is 0. The summed E-state index contributed by atoms with van der Waals surface area (Å²) < 4.78 is 0.322. The van der Waals surface area contributed by atoms with Crippen LogP contribution in [0.15, 0.2) is 30.3 Å². The van der Waals surface area contributed by atoms with Crippen molar-refractivity contribution in [1.29, 1.82) is 0 Å². The summed E-state index contributed by atoms with van der Waals surface area (Å²) in [5, 5.41) is 0. The Morgan fingerprint density at radius 3 is 2.00 bits per heavy atom. The molecule has 0 heterocycles. The molecule has 0 bridgehead atoms. The number of rotatable bonds is 3. The molecule has 0 N–H and O–H groups in total. The molecule has 1 rings (SSSR count). The van der Waals surface area contributed by atoms with Crippen molar-refractivity contribution in [2.45, 2.75) is 4.58 Å². The topological polar surface area (TPSA) is 0 Å². The Balaban J connectivity index is 2.74. The molecule has 1 aromatic carbocycles. The second-order valence-electron chi connectivity index (χ2n) is 1.95. The number of thiol groups is 2. The second kappa shape index (κ2) is 5.30. The monoisotopic (exact) mass is 220 g/mol. The molecule has 0 radical (unpaired) electrons. The van der Waals surface area contributed by atoms with Crippen molar-refractivity contribution in [3.8, 4) is 0 Å². The maximum atomic E-state index is 4.15. The molecule has 0 nitrogen and oxygen atoms in total. The Bertz CT molecular complexity index is 195. The van der Waals surface area contributed by atoms with Crippen molar-refractivity contribution >= 4 is 44.9 Å². The average molecular weight is 220 g/mol. The molecule has 0 aliphatic carbocycles. The van der Waals surface area contributed by atoms with Gasteiger partial charge in [-0.05, 0) is 5.56 Å². The minimum atomic E-state index is 0.322. The minimum absolute atomic E-state index is 0.322. The van der Waals surface area contributed by atoms with E-state index in [2.05, 4.69) is 35.5 Å². The molecule has 0 aromatic heterocycles. The third-order valence-electron chi connectivity index (χ3n) is 1.26. The van der Waals surface area contributed by atoms with Gasteiger partial charge in [0.1, 0.15) is 0 Å². The van der Waals surface area contributed by atoms with E-state index >= 15 is 0 Å². The lowest BCUT2D eigenvalue weighted by Gasteiger charge is -2.08. The first-order chi connectivity index (χ1) is 5.38.